The van der Waals surface area contributed by atoms with Gasteiger partial charge in [0, 0.05) is 32.1 Å². The fraction of sp³-hybridized carbons (Fsp3) is 0.545. The van der Waals surface area contributed by atoms with E-state index in [0.29, 0.717) is 24.6 Å². The Balaban J connectivity index is 2.41. The topological polar surface area (TPSA) is 96.5 Å². The third-order valence-electron chi connectivity index (χ3n) is 2.45. The number of amides is 1. The zero-order chi connectivity index (χ0) is 15.0. The maximum Gasteiger partial charge on any atom is 0.261 e. The standard InChI is InChI=1S/C11H19N3O4S2/c1-12-20(16,17)9-7-10(19-8-9)11(15)14-4-3-13-5-6-18-2/h7-8,12-13H,3-6H2,1-2H3,(H,14,15). The van der Waals surface area contributed by atoms with Crippen LogP contribution >= 0.6 is 11.3 Å². The molecule has 0 aromatic carbocycles. The van der Waals surface area contributed by atoms with Gasteiger partial charge in [0.1, 0.15) is 0 Å². The number of nitrogens with one attached hydrogen (secondary N) is 3. The number of rotatable bonds is 9. The van der Waals surface area contributed by atoms with Crippen molar-refractivity contribution in [2.45, 2.75) is 4.90 Å². The molecule has 0 unspecified atom stereocenters. The first kappa shape index (κ1) is 17.1. The van der Waals surface area contributed by atoms with Crippen LogP contribution in [0.5, 0.6) is 0 Å². The Morgan fingerprint density at radius 1 is 1.35 bits per heavy atom. The number of sulfonamides is 1. The minimum absolute atomic E-state index is 0.105. The first-order valence-corrected chi connectivity index (χ1v) is 8.37. The highest BCUT2D eigenvalue weighted by Crippen LogP contribution is 2.18. The Labute approximate surface area is 122 Å². The second kappa shape index (κ2) is 8.32. The molecule has 0 saturated heterocycles. The highest BCUT2D eigenvalue weighted by Gasteiger charge is 2.16. The quantitative estimate of drug-likeness (QED) is 0.539. The van der Waals surface area contributed by atoms with Gasteiger partial charge in [0.05, 0.1) is 16.4 Å². The Kier molecular flexibility index (Phi) is 7.10. The average molecular weight is 321 g/mol. The van der Waals surface area contributed by atoms with E-state index in [-0.39, 0.29) is 10.8 Å². The normalized spacial score (nSPS) is 11.5. The van der Waals surface area contributed by atoms with Crippen LogP contribution in [0.4, 0.5) is 0 Å². The predicted molar refractivity (Wildman–Crippen MR) is 77.6 cm³/mol. The van der Waals surface area contributed by atoms with Crippen LogP contribution in [-0.2, 0) is 14.8 Å². The molecule has 0 aliphatic carbocycles. The highest BCUT2D eigenvalue weighted by molar-refractivity contribution is 7.89. The molecule has 0 atom stereocenters. The second-order valence-corrected chi connectivity index (χ2v) is 6.65. The number of hydrogen-bond acceptors (Lipinski definition) is 6. The van der Waals surface area contributed by atoms with Crippen LogP contribution in [0.1, 0.15) is 9.67 Å². The molecular weight excluding hydrogens is 302 g/mol. The fourth-order valence-electron chi connectivity index (χ4n) is 1.35. The smallest absolute Gasteiger partial charge is 0.261 e. The van der Waals surface area contributed by atoms with Crippen molar-refractivity contribution in [2.75, 3.05) is 40.4 Å². The summed E-state index contributed by atoms with van der Waals surface area (Å²) in [6.07, 6.45) is 0. The van der Waals surface area contributed by atoms with Crippen LogP contribution in [0.3, 0.4) is 0 Å². The van der Waals surface area contributed by atoms with Gasteiger partial charge in [-0.15, -0.1) is 11.3 Å². The summed E-state index contributed by atoms with van der Waals surface area (Å²) in [7, 11) is -0.538. The summed E-state index contributed by atoms with van der Waals surface area (Å²) >= 11 is 1.10. The molecule has 0 bridgehead atoms. The minimum atomic E-state index is -3.49. The zero-order valence-corrected chi connectivity index (χ0v) is 13.1. The lowest BCUT2D eigenvalue weighted by molar-refractivity contribution is 0.0957. The molecule has 0 radical (unpaired) electrons. The van der Waals surface area contributed by atoms with Crippen molar-refractivity contribution in [3.05, 3.63) is 16.3 Å². The number of carbonyl (C=O) groups excluding carboxylic acids is 1. The molecule has 1 amide bonds. The highest BCUT2D eigenvalue weighted by atomic mass is 32.2. The van der Waals surface area contributed by atoms with Gasteiger partial charge in [0.15, 0.2) is 0 Å². The predicted octanol–water partition coefficient (Wildman–Crippen LogP) is -0.378. The van der Waals surface area contributed by atoms with Crippen LogP contribution in [0.25, 0.3) is 0 Å². The van der Waals surface area contributed by atoms with Gasteiger partial charge in [0.25, 0.3) is 5.91 Å². The van der Waals surface area contributed by atoms with Crippen molar-refractivity contribution in [2.24, 2.45) is 0 Å². The van der Waals surface area contributed by atoms with Crippen molar-refractivity contribution in [1.82, 2.24) is 15.4 Å². The summed E-state index contributed by atoms with van der Waals surface area (Å²) < 4.78 is 30.2. The summed E-state index contributed by atoms with van der Waals surface area (Å²) in [5, 5.41) is 7.24. The van der Waals surface area contributed by atoms with Gasteiger partial charge in [-0.05, 0) is 13.1 Å². The first-order valence-electron chi connectivity index (χ1n) is 6.01. The van der Waals surface area contributed by atoms with E-state index in [1.807, 2.05) is 0 Å². The maximum absolute atomic E-state index is 11.8. The minimum Gasteiger partial charge on any atom is -0.383 e. The lowest BCUT2D eigenvalue weighted by Gasteiger charge is -2.05. The number of ether oxygens (including phenoxy) is 1. The summed E-state index contributed by atoms with van der Waals surface area (Å²) in [4.78, 5) is 12.3. The Bertz CT molecular complexity index is 528. The molecule has 1 heterocycles. The molecule has 114 valence electrons. The number of carbonyl (C=O) groups is 1. The summed E-state index contributed by atoms with van der Waals surface area (Å²) in [5.41, 5.74) is 0. The van der Waals surface area contributed by atoms with E-state index in [2.05, 4.69) is 15.4 Å². The fourth-order valence-corrected chi connectivity index (χ4v) is 3.27. The average Bonchev–Trinajstić information content (AvgIpc) is 2.93. The molecule has 0 saturated carbocycles. The number of thiophene rings is 1. The number of methoxy groups -OCH3 is 1. The van der Waals surface area contributed by atoms with Crippen LogP contribution in [0.15, 0.2) is 16.3 Å². The molecule has 0 aliphatic rings. The molecule has 0 aliphatic heterocycles. The molecule has 3 N–H and O–H groups in total. The molecule has 20 heavy (non-hydrogen) atoms. The van der Waals surface area contributed by atoms with Gasteiger partial charge < -0.3 is 15.4 Å². The van der Waals surface area contributed by atoms with Gasteiger partial charge in [-0.3, -0.25) is 4.79 Å². The second-order valence-electron chi connectivity index (χ2n) is 3.85. The largest absolute Gasteiger partial charge is 0.383 e. The summed E-state index contributed by atoms with van der Waals surface area (Å²) in [6, 6.07) is 1.37. The van der Waals surface area contributed by atoms with Crippen LogP contribution in [0.2, 0.25) is 0 Å². The molecule has 1 aromatic rings. The zero-order valence-electron chi connectivity index (χ0n) is 11.4. The SMILES string of the molecule is CNS(=O)(=O)c1csc(C(=O)NCCNCCOC)c1. The van der Waals surface area contributed by atoms with Crippen molar-refractivity contribution in [3.8, 4) is 0 Å². The van der Waals surface area contributed by atoms with Gasteiger partial charge >= 0.3 is 0 Å². The monoisotopic (exact) mass is 321 g/mol. The van der Waals surface area contributed by atoms with Gasteiger partial charge in [-0.1, -0.05) is 0 Å². The van der Waals surface area contributed by atoms with Crippen LogP contribution < -0.4 is 15.4 Å². The molecule has 7 nitrogen and oxygen atoms in total. The third-order valence-corrected chi connectivity index (χ3v) is 4.92. The third kappa shape index (κ3) is 5.17. The summed E-state index contributed by atoms with van der Waals surface area (Å²) in [5.74, 6) is -0.277. The van der Waals surface area contributed by atoms with E-state index in [9.17, 15) is 13.2 Å². The molecule has 1 aromatic heterocycles. The van der Waals surface area contributed by atoms with E-state index >= 15 is 0 Å². The van der Waals surface area contributed by atoms with Gasteiger partial charge in [-0.25, -0.2) is 13.1 Å². The Morgan fingerprint density at radius 3 is 2.75 bits per heavy atom. The molecule has 1 rings (SSSR count). The molecule has 9 heteroatoms. The van der Waals surface area contributed by atoms with Crippen LogP contribution in [-0.4, -0.2) is 54.7 Å². The molecule has 0 fully saturated rings. The van der Waals surface area contributed by atoms with Crippen molar-refractivity contribution in [1.29, 1.82) is 0 Å². The maximum atomic E-state index is 11.8. The van der Waals surface area contributed by atoms with Crippen molar-refractivity contribution >= 4 is 27.3 Å². The lowest BCUT2D eigenvalue weighted by atomic mass is 10.4. The first-order chi connectivity index (χ1) is 9.51. The van der Waals surface area contributed by atoms with Gasteiger partial charge in [-0.2, -0.15) is 0 Å². The van der Waals surface area contributed by atoms with E-state index in [0.717, 1.165) is 17.9 Å². The van der Waals surface area contributed by atoms with E-state index < -0.39 is 10.0 Å². The van der Waals surface area contributed by atoms with E-state index in [1.54, 1.807) is 7.11 Å². The Morgan fingerprint density at radius 2 is 2.10 bits per heavy atom. The van der Waals surface area contributed by atoms with E-state index in [4.69, 9.17) is 4.74 Å². The van der Waals surface area contributed by atoms with Crippen LogP contribution in [0, 0.1) is 0 Å². The van der Waals surface area contributed by atoms with Gasteiger partial charge in [0.2, 0.25) is 10.0 Å². The van der Waals surface area contributed by atoms with E-state index in [1.165, 1.54) is 18.5 Å². The molecular formula is C11H19N3O4S2. The number of hydrogen-bond donors (Lipinski definition) is 3. The Hall–Kier alpha value is -1.00. The van der Waals surface area contributed by atoms with Crippen molar-refractivity contribution in [3.63, 3.8) is 0 Å². The lowest BCUT2D eigenvalue weighted by Crippen LogP contribution is -2.32. The summed E-state index contributed by atoms with van der Waals surface area (Å²) in [6.45, 7) is 2.43. The molecule has 0 spiro atoms. The van der Waals surface area contributed by atoms with Crippen molar-refractivity contribution < 1.29 is 17.9 Å².